The lowest BCUT2D eigenvalue weighted by Gasteiger charge is -2.25. The van der Waals surface area contributed by atoms with Gasteiger partial charge >= 0.3 is 0 Å². The van der Waals surface area contributed by atoms with Crippen molar-refractivity contribution in [1.29, 1.82) is 0 Å². The van der Waals surface area contributed by atoms with Gasteiger partial charge in [0.05, 0.1) is 30.8 Å². The van der Waals surface area contributed by atoms with Gasteiger partial charge in [0.2, 0.25) is 0 Å². The van der Waals surface area contributed by atoms with E-state index in [-0.39, 0.29) is 22.4 Å². The van der Waals surface area contributed by atoms with Gasteiger partial charge in [0.25, 0.3) is 15.9 Å². The molecule has 0 aromatic heterocycles. The van der Waals surface area contributed by atoms with Crippen molar-refractivity contribution in [2.75, 3.05) is 39.6 Å². The molecule has 8 nitrogen and oxygen atoms in total. The van der Waals surface area contributed by atoms with Gasteiger partial charge in [0, 0.05) is 12.1 Å². The van der Waals surface area contributed by atoms with E-state index < -0.39 is 10.0 Å². The van der Waals surface area contributed by atoms with Crippen LogP contribution in [0.15, 0.2) is 77.7 Å². The number of sulfonamides is 1. The molecule has 0 radical (unpaired) electrons. The Bertz CT molecular complexity index is 1230. The van der Waals surface area contributed by atoms with Gasteiger partial charge in [-0.15, -0.1) is 0 Å². The fraction of sp³-hybridized carbons (Fsp3) is 0.240. The predicted octanol–water partition coefficient (Wildman–Crippen LogP) is 3.54. The highest BCUT2D eigenvalue weighted by Crippen LogP contribution is 2.26. The molecule has 1 unspecified atom stereocenters. The number of nitrogens with one attached hydrogen (secondary N) is 2. The van der Waals surface area contributed by atoms with Crippen molar-refractivity contribution in [2.45, 2.75) is 10.9 Å². The Hall–Kier alpha value is -3.56. The summed E-state index contributed by atoms with van der Waals surface area (Å²) in [7, 11) is 3.00. The van der Waals surface area contributed by atoms with Crippen molar-refractivity contribution in [3.05, 3.63) is 83.9 Å². The third-order valence-corrected chi connectivity index (χ3v) is 6.70. The lowest BCUT2D eigenvalue weighted by Crippen LogP contribution is -2.34. The van der Waals surface area contributed by atoms with E-state index >= 15 is 0 Å². The summed E-state index contributed by atoms with van der Waals surface area (Å²) in [6.45, 7) is 0.342. The lowest BCUT2D eigenvalue weighted by molar-refractivity contribution is 0.0941. The van der Waals surface area contributed by atoms with Crippen LogP contribution < -0.4 is 19.5 Å². The van der Waals surface area contributed by atoms with Gasteiger partial charge in [-0.2, -0.15) is 0 Å². The van der Waals surface area contributed by atoms with Gasteiger partial charge in [0.1, 0.15) is 11.5 Å². The molecule has 0 spiro atoms. The van der Waals surface area contributed by atoms with Gasteiger partial charge in [0.15, 0.2) is 0 Å². The first-order valence-electron chi connectivity index (χ1n) is 10.6. The number of carbonyl (C=O) groups is 1. The van der Waals surface area contributed by atoms with Gasteiger partial charge in [-0.1, -0.05) is 30.3 Å². The summed E-state index contributed by atoms with van der Waals surface area (Å²) in [6.07, 6.45) is 0. The number of likely N-dealkylation sites (N-methyl/N-ethyl adjacent to an activating group) is 1. The van der Waals surface area contributed by atoms with Gasteiger partial charge in [-0.25, -0.2) is 8.42 Å². The van der Waals surface area contributed by atoms with Crippen molar-refractivity contribution < 1.29 is 22.7 Å². The molecule has 3 rings (SSSR count). The number of ether oxygens (including phenoxy) is 2. The van der Waals surface area contributed by atoms with Crippen molar-refractivity contribution in [2.24, 2.45) is 0 Å². The molecule has 0 aliphatic heterocycles. The average Bonchev–Trinajstić information content (AvgIpc) is 2.84. The number of para-hydroxylation sites is 2. The number of nitrogens with zero attached hydrogens (tertiary/aromatic N) is 1. The van der Waals surface area contributed by atoms with Crippen LogP contribution in [0.3, 0.4) is 0 Å². The van der Waals surface area contributed by atoms with Crippen LogP contribution in [0.5, 0.6) is 11.5 Å². The molecule has 3 aromatic rings. The molecule has 1 amide bonds. The van der Waals surface area contributed by atoms with E-state index in [0.29, 0.717) is 18.0 Å². The summed E-state index contributed by atoms with van der Waals surface area (Å²) < 4.78 is 38.8. The van der Waals surface area contributed by atoms with E-state index in [1.165, 1.54) is 19.2 Å². The minimum Gasteiger partial charge on any atom is -0.497 e. The summed E-state index contributed by atoms with van der Waals surface area (Å²) in [6, 6.07) is 20.2. The van der Waals surface area contributed by atoms with Gasteiger partial charge in [-0.3, -0.25) is 9.52 Å². The molecular formula is C25H29N3O5S. The third kappa shape index (κ3) is 6.06. The molecule has 0 aliphatic carbocycles. The average molecular weight is 484 g/mol. The smallest absolute Gasteiger partial charge is 0.262 e. The number of rotatable bonds is 10. The maximum atomic E-state index is 12.9. The monoisotopic (exact) mass is 483 g/mol. The van der Waals surface area contributed by atoms with Crippen molar-refractivity contribution in [3.8, 4) is 11.5 Å². The van der Waals surface area contributed by atoms with Crippen LogP contribution in [0, 0.1) is 0 Å². The van der Waals surface area contributed by atoms with Crippen molar-refractivity contribution in [3.63, 3.8) is 0 Å². The SMILES string of the molecule is COc1ccc(C(CNC(=O)c2cccc(S(=O)(=O)Nc3ccccc3OC)c2)N(C)C)cc1. The van der Waals surface area contributed by atoms with E-state index in [4.69, 9.17) is 9.47 Å². The molecule has 2 N–H and O–H groups in total. The zero-order valence-electron chi connectivity index (χ0n) is 19.6. The standard InChI is InChI=1S/C25H29N3O5S/c1-28(2)23(18-12-14-20(32-3)15-13-18)17-26-25(29)19-8-7-9-21(16-19)34(30,31)27-22-10-5-6-11-24(22)33-4/h5-16,23,27H,17H2,1-4H3,(H,26,29). The maximum absolute atomic E-state index is 12.9. The first-order chi connectivity index (χ1) is 16.2. The molecule has 0 bridgehead atoms. The predicted molar refractivity (Wildman–Crippen MR) is 132 cm³/mol. The Morgan fingerprint density at radius 3 is 2.29 bits per heavy atom. The molecule has 1 atom stereocenters. The van der Waals surface area contributed by atoms with Crippen molar-refractivity contribution in [1.82, 2.24) is 10.2 Å². The van der Waals surface area contributed by atoms with Crippen LogP contribution in [0.1, 0.15) is 22.0 Å². The molecular weight excluding hydrogens is 454 g/mol. The summed E-state index contributed by atoms with van der Waals surface area (Å²) in [5, 5.41) is 2.91. The molecule has 3 aromatic carbocycles. The summed E-state index contributed by atoms with van der Waals surface area (Å²) in [5.74, 6) is 0.785. The number of carbonyl (C=O) groups excluding carboxylic acids is 1. The largest absolute Gasteiger partial charge is 0.497 e. The third-order valence-electron chi connectivity index (χ3n) is 5.34. The summed E-state index contributed by atoms with van der Waals surface area (Å²) in [5.41, 5.74) is 1.58. The highest BCUT2D eigenvalue weighted by molar-refractivity contribution is 7.92. The molecule has 0 saturated carbocycles. The fourth-order valence-corrected chi connectivity index (χ4v) is 4.57. The number of anilines is 1. The highest BCUT2D eigenvalue weighted by Gasteiger charge is 2.20. The van der Waals surface area contributed by atoms with E-state index in [2.05, 4.69) is 10.0 Å². The van der Waals surface area contributed by atoms with Crippen molar-refractivity contribution >= 4 is 21.6 Å². The summed E-state index contributed by atoms with van der Waals surface area (Å²) >= 11 is 0. The Kier molecular flexibility index (Phi) is 8.14. The van der Waals surface area contributed by atoms with Crippen LogP contribution in [-0.4, -0.2) is 54.1 Å². The fourth-order valence-electron chi connectivity index (χ4n) is 3.45. The van der Waals surface area contributed by atoms with Crippen LogP contribution in [0.4, 0.5) is 5.69 Å². The normalized spacial score (nSPS) is 12.1. The maximum Gasteiger partial charge on any atom is 0.262 e. The molecule has 9 heteroatoms. The Morgan fingerprint density at radius 2 is 1.65 bits per heavy atom. The quantitative estimate of drug-likeness (QED) is 0.458. The van der Waals surface area contributed by atoms with Crippen LogP contribution in [0.25, 0.3) is 0 Å². The zero-order chi connectivity index (χ0) is 24.7. The Morgan fingerprint density at radius 1 is 0.941 bits per heavy atom. The second-order valence-electron chi connectivity index (χ2n) is 7.80. The van der Waals surface area contributed by atoms with Crippen LogP contribution >= 0.6 is 0 Å². The van der Waals surface area contributed by atoms with E-state index in [0.717, 1.165) is 11.3 Å². The number of hydrogen-bond acceptors (Lipinski definition) is 6. The molecule has 180 valence electrons. The first-order valence-corrected chi connectivity index (χ1v) is 12.1. The number of hydrogen-bond donors (Lipinski definition) is 2. The van der Waals surface area contributed by atoms with E-state index in [1.807, 2.05) is 43.3 Å². The zero-order valence-corrected chi connectivity index (χ0v) is 20.4. The topological polar surface area (TPSA) is 97.0 Å². The molecule has 0 heterocycles. The van der Waals surface area contributed by atoms with Gasteiger partial charge in [-0.05, 0) is 62.1 Å². The number of benzene rings is 3. The van der Waals surface area contributed by atoms with Gasteiger partial charge < -0.3 is 19.7 Å². The van der Waals surface area contributed by atoms with E-state index in [9.17, 15) is 13.2 Å². The Balaban J connectivity index is 1.74. The second kappa shape index (κ2) is 11.0. The molecule has 0 fully saturated rings. The highest BCUT2D eigenvalue weighted by atomic mass is 32.2. The minimum atomic E-state index is -3.93. The number of methoxy groups -OCH3 is 2. The van der Waals surface area contributed by atoms with Crippen LogP contribution in [-0.2, 0) is 10.0 Å². The minimum absolute atomic E-state index is 0.0228. The molecule has 0 saturated heterocycles. The lowest BCUT2D eigenvalue weighted by atomic mass is 10.1. The summed E-state index contributed by atoms with van der Waals surface area (Å²) in [4.78, 5) is 14.8. The molecule has 0 aliphatic rings. The Labute approximate surface area is 200 Å². The second-order valence-corrected chi connectivity index (χ2v) is 9.48. The first kappa shape index (κ1) is 25.1. The number of amides is 1. The van der Waals surface area contributed by atoms with E-state index in [1.54, 1.807) is 43.5 Å². The molecule has 34 heavy (non-hydrogen) atoms. The van der Waals surface area contributed by atoms with Crippen LogP contribution in [0.2, 0.25) is 0 Å².